The maximum absolute atomic E-state index is 4.84. The number of fused-ring (bicyclic) bond motifs is 1. The zero-order chi connectivity index (χ0) is 18.6. The van der Waals surface area contributed by atoms with Gasteiger partial charge in [0.2, 0.25) is 0 Å². The van der Waals surface area contributed by atoms with Crippen molar-refractivity contribution in [3.05, 3.63) is 77.7 Å². The fraction of sp³-hybridized carbons (Fsp3) is 0.182. The van der Waals surface area contributed by atoms with Gasteiger partial charge >= 0.3 is 0 Å². The summed E-state index contributed by atoms with van der Waals surface area (Å²) in [5.41, 5.74) is 2.24. The van der Waals surface area contributed by atoms with Crippen molar-refractivity contribution in [1.29, 1.82) is 0 Å². The van der Waals surface area contributed by atoms with E-state index in [9.17, 15) is 0 Å². The first-order valence-corrected chi connectivity index (χ1v) is 9.86. The Morgan fingerprint density at radius 2 is 1.70 bits per heavy atom. The number of rotatable bonds is 6. The monoisotopic (exact) mass is 374 g/mol. The number of para-hydroxylation sites is 1. The number of thiophene rings is 1. The van der Waals surface area contributed by atoms with Crippen LogP contribution in [0.5, 0.6) is 0 Å². The highest BCUT2D eigenvalue weighted by Gasteiger charge is 2.16. The Morgan fingerprint density at radius 3 is 2.44 bits per heavy atom. The number of nitrogens with one attached hydrogen (secondary N) is 1. The molecule has 2 aromatic heterocycles. The molecule has 0 saturated carbocycles. The van der Waals surface area contributed by atoms with Crippen molar-refractivity contribution in [2.45, 2.75) is 6.04 Å². The molecule has 0 bridgehead atoms. The number of likely N-dealkylation sites (N-methyl/N-ethyl adjacent to an activating group) is 1. The summed E-state index contributed by atoms with van der Waals surface area (Å²) in [4.78, 5) is 12.9. The summed E-state index contributed by atoms with van der Waals surface area (Å²) in [6.07, 6.45) is 0. The molecule has 0 saturated heterocycles. The van der Waals surface area contributed by atoms with Crippen molar-refractivity contribution in [3.8, 4) is 10.7 Å². The summed E-state index contributed by atoms with van der Waals surface area (Å²) in [5, 5.41) is 6.68. The van der Waals surface area contributed by atoms with Crippen LogP contribution in [0, 0.1) is 0 Å². The lowest BCUT2D eigenvalue weighted by molar-refractivity contribution is 0.311. The number of aromatic nitrogens is 2. The second kappa shape index (κ2) is 7.86. The first-order valence-electron chi connectivity index (χ1n) is 8.98. The van der Waals surface area contributed by atoms with Crippen molar-refractivity contribution >= 4 is 28.1 Å². The van der Waals surface area contributed by atoms with Crippen LogP contribution < -0.4 is 5.32 Å². The largest absolute Gasteiger partial charge is 0.368 e. The summed E-state index contributed by atoms with van der Waals surface area (Å²) < 4.78 is 0. The van der Waals surface area contributed by atoms with Crippen LogP contribution in [-0.4, -0.2) is 35.5 Å². The van der Waals surface area contributed by atoms with E-state index in [2.05, 4.69) is 72.2 Å². The van der Waals surface area contributed by atoms with E-state index in [-0.39, 0.29) is 6.04 Å². The van der Waals surface area contributed by atoms with E-state index in [1.165, 1.54) is 5.56 Å². The van der Waals surface area contributed by atoms with Crippen LogP contribution in [0.4, 0.5) is 5.82 Å². The molecule has 0 aliphatic heterocycles. The van der Waals surface area contributed by atoms with Crippen molar-refractivity contribution < 1.29 is 0 Å². The lowest BCUT2D eigenvalue weighted by atomic mass is 10.1. The summed E-state index contributed by atoms with van der Waals surface area (Å²) in [6.45, 7) is 0.766. The highest BCUT2D eigenvalue weighted by atomic mass is 32.1. The van der Waals surface area contributed by atoms with Crippen molar-refractivity contribution in [2.75, 3.05) is 26.0 Å². The predicted molar refractivity (Wildman–Crippen MR) is 114 cm³/mol. The minimum atomic E-state index is 0.255. The first-order chi connectivity index (χ1) is 13.2. The molecule has 5 heteroatoms. The van der Waals surface area contributed by atoms with Gasteiger partial charge in [-0.1, -0.05) is 48.5 Å². The SMILES string of the molecule is CN(C)C(CNc1nc(-c2cccs2)nc2ccccc12)c1ccccc1. The zero-order valence-electron chi connectivity index (χ0n) is 15.5. The molecule has 4 aromatic rings. The standard InChI is InChI=1S/C22H22N4S/c1-26(2)19(16-9-4-3-5-10-16)15-23-21-17-11-6-7-12-18(17)24-22(25-21)20-13-8-14-27-20/h3-14,19H,15H2,1-2H3,(H,23,24,25). The zero-order valence-corrected chi connectivity index (χ0v) is 16.3. The van der Waals surface area contributed by atoms with E-state index in [4.69, 9.17) is 9.97 Å². The third-order valence-corrected chi connectivity index (χ3v) is 5.48. The van der Waals surface area contributed by atoms with Gasteiger partial charge in [-0.25, -0.2) is 9.97 Å². The van der Waals surface area contributed by atoms with Gasteiger partial charge in [-0.2, -0.15) is 0 Å². The maximum Gasteiger partial charge on any atom is 0.172 e. The summed E-state index contributed by atoms with van der Waals surface area (Å²) >= 11 is 1.66. The molecular weight excluding hydrogens is 352 g/mol. The van der Waals surface area contributed by atoms with Crippen molar-refractivity contribution in [2.24, 2.45) is 0 Å². The Kier molecular flexibility index (Phi) is 5.14. The van der Waals surface area contributed by atoms with Gasteiger partial charge in [0.1, 0.15) is 5.82 Å². The van der Waals surface area contributed by atoms with E-state index in [1.54, 1.807) is 11.3 Å². The molecule has 136 valence electrons. The highest BCUT2D eigenvalue weighted by Crippen LogP contribution is 2.28. The van der Waals surface area contributed by atoms with Crippen LogP contribution in [0.3, 0.4) is 0 Å². The van der Waals surface area contributed by atoms with E-state index in [1.807, 2.05) is 24.3 Å². The molecule has 1 unspecified atom stereocenters. The lowest BCUT2D eigenvalue weighted by Gasteiger charge is -2.25. The quantitative estimate of drug-likeness (QED) is 0.511. The van der Waals surface area contributed by atoms with E-state index >= 15 is 0 Å². The van der Waals surface area contributed by atoms with Crippen LogP contribution in [-0.2, 0) is 0 Å². The third kappa shape index (κ3) is 3.84. The summed E-state index contributed by atoms with van der Waals surface area (Å²) in [7, 11) is 4.21. The minimum absolute atomic E-state index is 0.255. The number of benzene rings is 2. The predicted octanol–water partition coefficient (Wildman–Crippen LogP) is 5.07. The fourth-order valence-corrected chi connectivity index (χ4v) is 3.85. The van der Waals surface area contributed by atoms with Gasteiger partial charge in [0.15, 0.2) is 5.82 Å². The van der Waals surface area contributed by atoms with Crippen LogP contribution >= 0.6 is 11.3 Å². The molecule has 0 amide bonds. The second-order valence-electron chi connectivity index (χ2n) is 6.66. The molecule has 0 spiro atoms. The molecule has 2 heterocycles. The number of nitrogens with zero attached hydrogens (tertiary/aromatic N) is 3. The topological polar surface area (TPSA) is 41.0 Å². The smallest absolute Gasteiger partial charge is 0.172 e. The van der Waals surface area contributed by atoms with E-state index < -0.39 is 0 Å². The molecule has 0 fully saturated rings. The first kappa shape index (κ1) is 17.6. The lowest BCUT2D eigenvalue weighted by Crippen LogP contribution is -2.27. The van der Waals surface area contributed by atoms with Crippen molar-refractivity contribution in [3.63, 3.8) is 0 Å². The van der Waals surface area contributed by atoms with Crippen LogP contribution in [0.15, 0.2) is 72.1 Å². The Balaban J connectivity index is 1.68. The fourth-order valence-electron chi connectivity index (χ4n) is 3.19. The highest BCUT2D eigenvalue weighted by molar-refractivity contribution is 7.13. The Bertz CT molecular complexity index is 1010. The van der Waals surface area contributed by atoms with Gasteiger partial charge in [0, 0.05) is 11.9 Å². The number of anilines is 1. The minimum Gasteiger partial charge on any atom is -0.368 e. The van der Waals surface area contributed by atoms with E-state index in [0.29, 0.717) is 0 Å². The average Bonchev–Trinajstić information content (AvgIpc) is 3.23. The third-order valence-electron chi connectivity index (χ3n) is 4.62. The molecule has 27 heavy (non-hydrogen) atoms. The number of hydrogen-bond acceptors (Lipinski definition) is 5. The van der Waals surface area contributed by atoms with Gasteiger partial charge < -0.3 is 10.2 Å². The number of hydrogen-bond donors (Lipinski definition) is 1. The molecule has 1 N–H and O–H groups in total. The van der Waals surface area contributed by atoms with Gasteiger partial charge in [-0.05, 0) is 43.2 Å². The van der Waals surface area contributed by atoms with Crippen LogP contribution in [0.25, 0.3) is 21.6 Å². The molecule has 2 aromatic carbocycles. The molecule has 1 atom stereocenters. The summed E-state index contributed by atoms with van der Waals surface area (Å²) in [6, 6.07) is 23.1. The second-order valence-corrected chi connectivity index (χ2v) is 7.61. The molecule has 0 aliphatic carbocycles. The Hall–Kier alpha value is -2.76. The Morgan fingerprint density at radius 1 is 0.926 bits per heavy atom. The molecular formula is C22H22N4S. The molecule has 4 rings (SSSR count). The maximum atomic E-state index is 4.84. The molecule has 4 nitrogen and oxygen atoms in total. The van der Waals surface area contributed by atoms with Crippen molar-refractivity contribution in [1.82, 2.24) is 14.9 Å². The van der Waals surface area contributed by atoms with Crippen LogP contribution in [0.2, 0.25) is 0 Å². The van der Waals surface area contributed by atoms with E-state index in [0.717, 1.165) is 34.0 Å². The van der Waals surface area contributed by atoms with Crippen LogP contribution in [0.1, 0.15) is 11.6 Å². The molecule has 0 radical (unpaired) electrons. The van der Waals surface area contributed by atoms with Gasteiger partial charge in [0.25, 0.3) is 0 Å². The average molecular weight is 375 g/mol. The van der Waals surface area contributed by atoms with Gasteiger partial charge in [0.05, 0.1) is 16.4 Å². The molecule has 0 aliphatic rings. The Labute approximate surface area is 163 Å². The van der Waals surface area contributed by atoms with Gasteiger partial charge in [-0.15, -0.1) is 11.3 Å². The van der Waals surface area contributed by atoms with Gasteiger partial charge in [-0.3, -0.25) is 0 Å². The normalized spacial score (nSPS) is 12.4. The summed E-state index contributed by atoms with van der Waals surface area (Å²) in [5.74, 6) is 1.65.